The monoisotopic (exact) mass is 668 g/mol. The Labute approximate surface area is 274 Å². The second-order valence-electron chi connectivity index (χ2n) is 11.3. The Morgan fingerprint density at radius 2 is 1.64 bits per heavy atom. The molecule has 2 aromatic heterocycles. The molecule has 2 aliphatic heterocycles. The number of hydrogen-bond donors (Lipinski definition) is 1. The second-order valence-corrected chi connectivity index (χ2v) is 11.7. The van der Waals surface area contributed by atoms with E-state index in [9.17, 15) is 22.8 Å². The number of piperidine rings is 1. The Balaban J connectivity index is 1.07. The molecule has 0 bridgehead atoms. The molecule has 2 saturated heterocycles. The van der Waals surface area contributed by atoms with Crippen molar-refractivity contribution >= 4 is 41.1 Å². The van der Waals surface area contributed by atoms with Crippen LogP contribution < -0.4 is 19.9 Å². The molecule has 4 heterocycles. The van der Waals surface area contributed by atoms with Crippen LogP contribution in [0.15, 0.2) is 77.3 Å². The number of halogens is 4. The average molecular weight is 669 g/mol. The molecule has 10 nitrogen and oxygen atoms in total. The molecule has 0 saturated carbocycles. The third kappa shape index (κ3) is 7.62. The molecule has 2 aliphatic rings. The summed E-state index contributed by atoms with van der Waals surface area (Å²) in [6.07, 6.45) is -1.95. The number of carbonyl (C=O) groups excluding carboxylic acids is 2. The maximum absolute atomic E-state index is 13.9. The van der Waals surface area contributed by atoms with Crippen molar-refractivity contribution in [2.45, 2.75) is 31.4 Å². The van der Waals surface area contributed by atoms with Crippen molar-refractivity contribution in [1.82, 2.24) is 14.9 Å². The molecule has 14 heteroatoms. The minimum atomic E-state index is -4.89. The molecule has 2 amide bonds. The van der Waals surface area contributed by atoms with Crippen LogP contribution in [0.25, 0.3) is 0 Å². The Bertz CT molecular complexity index is 1690. The lowest BCUT2D eigenvalue weighted by atomic mass is 9.90. The lowest BCUT2D eigenvalue weighted by Crippen LogP contribution is -2.37. The third-order valence-corrected chi connectivity index (χ3v) is 8.56. The van der Waals surface area contributed by atoms with Gasteiger partial charge in [-0.15, -0.1) is 0 Å². The molecule has 1 N–H and O–H groups in total. The molecule has 2 fully saturated rings. The maximum Gasteiger partial charge on any atom is 0.437 e. The minimum absolute atomic E-state index is 0.188. The second kappa shape index (κ2) is 13.9. The van der Waals surface area contributed by atoms with Crippen molar-refractivity contribution in [3.63, 3.8) is 0 Å². The van der Waals surface area contributed by atoms with E-state index in [-0.39, 0.29) is 23.4 Å². The van der Waals surface area contributed by atoms with Gasteiger partial charge >= 0.3 is 12.3 Å². The van der Waals surface area contributed by atoms with E-state index in [2.05, 4.69) is 15.3 Å². The van der Waals surface area contributed by atoms with Gasteiger partial charge in [-0.25, -0.2) is 9.78 Å². The van der Waals surface area contributed by atoms with E-state index in [4.69, 9.17) is 20.8 Å². The first-order valence-electron chi connectivity index (χ1n) is 15.3. The number of nitrogens with zero attached hydrogens (tertiary/aromatic N) is 5. The Morgan fingerprint density at radius 1 is 0.894 bits per heavy atom. The quantitative estimate of drug-likeness (QED) is 0.232. The molecule has 246 valence electrons. The summed E-state index contributed by atoms with van der Waals surface area (Å²) in [4.78, 5) is 39.1. The molecule has 6 rings (SSSR count). The third-order valence-electron chi connectivity index (χ3n) is 8.24. The summed E-state index contributed by atoms with van der Waals surface area (Å²) in [6, 6.07) is 19.7. The van der Waals surface area contributed by atoms with E-state index in [0.29, 0.717) is 56.5 Å². The summed E-state index contributed by atoms with van der Waals surface area (Å²) >= 11 is 6.11. The predicted octanol–water partition coefficient (Wildman–Crippen LogP) is 7.09. The number of para-hydroxylation sites is 1. The van der Waals surface area contributed by atoms with Gasteiger partial charge in [0, 0.05) is 39.3 Å². The van der Waals surface area contributed by atoms with Crippen LogP contribution in [-0.4, -0.2) is 66.1 Å². The molecular weight excluding hydrogens is 637 g/mol. The van der Waals surface area contributed by atoms with Crippen molar-refractivity contribution in [3.8, 4) is 5.75 Å². The summed E-state index contributed by atoms with van der Waals surface area (Å²) in [5, 5.41) is 2.79. The first kappa shape index (κ1) is 32.2. The van der Waals surface area contributed by atoms with Gasteiger partial charge in [-0.1, -0.05) is 54.1 Å². The number of ether oxygens (including phenoxy) is 1. The van der Waals surface area contributed by atoms with Crippen LogP contribution in [0.3, 0.4) is 0 Å². The highest BCUT2D eigenvalue weighted by molar-refractivity contribution is 6.32. The van der Waals surface area contributed by atoms with Crippen molar-refractivity contribution in [2.75, 3.05) is 54.4 Å². The molecular formula is C33H32ClF3N6O4. The first-order chi connectivity index (χ1) is 22.7. The number of benzene rings is 2. The zero-order valence-electron chi connectivity index (χ0n) is 25.3. The van der Waals surface area contributed by atoms with Crippen LogP contribution in [0.4, 0.5) is 35.5 Å². The van der Waals surface area contributed by atoms with E-state index in [0.717, 1.165) is 12.8 Å². The highest BCUT2D eigenvalue weighted by Gasteiger charge is 2.42. The van der Waals surface area contributed by atoms with Gasteiger partial charge in [0.2, 0.25) is 5.76 Å². The van der Waals surface area contributed by atoms with Crippen LogP contribution in [-0.2, 0) is 6.18 Å². The van der Waals surface area contributed by atoms with Gasteiger partial charge in [0.15, 0.2) is 11.4 Å². The van der Waals surface area contributed by atoms with E-state index in [1.54, 1.807) is 46.2 Å². The van der Waals surface area contributed by atoms with Gasteiger partial charge in [0.1, 0.15) is 5.82 Å². The highest BCUT2D eigenvalue weighted by Crippen LogP contribution is 2.36. The van der Waals surface area contributed by atoms with E-state index < -0.39 is 29.6 Å². The van der Waals surface area contributed by atoms with Crippen molar-refractivity contribution in [1.29, 1.82) is 0 Å². The van der Waals surface area contributed by atoms with Crippen molar-refractivity contribution < 1.29 is 31.9 Å². The van der Waals surface area contributed by atoms with E-state index in [1.165, 1.54) is 11.8 Å². The molecule has 2 aromatic carbocycles. The fraction of sp³-hybridized carbons (Fsp3) is 0.333. The number of alkyl halides is 3. The zero-order chi connectivity index (χ0) is 33.0. The van der Waals surface area contributed by atoms with Gasteiger partial charge in [-0.3, -0.25) is 4.79 Å². The molecule has 0 spiro atoms. The number of pyridine rings is 1. The fourth-order valence-electron chi connectivity index (χ4n) is 5.77. The topological polar surface area (TPSA) is 104 Å². The predicted molar refractivity (Wildman–Crippen MR) is 170 cm³/mol. The minimum Gasteiger partial charge on any atom is -0.417 e. The summed E-state index contributed by atoms with van der Waals surface area (Å²) < 4.78 is 52.7. The molecule has 0 atom stereocenters. The molecule has 47 heavy (non-hydrogen) atoms. The van der Waals surface area contributed by atoms with Crippen molar-refractivity contribution in [2.24, 2.45) is 0 Å². The largest absolute Gasteiger partial charge is 0.437 e. The number of rotatable bonds is 6. The number of anilines is 3. The van der Waals surface area contributed by atoms with E-state index >= 15 is 0 Å². The molecule has 0 radical (unpaired) electrons. The SMILES string of the molecule is O=C(Nc1ccc(N2CCCN(C(=O)Oc3ccccc3Cl)CC2)nc1)c1oc(N2CCC(c3ccccc3)CC2)nc1C(F)(F)F. The number of hydrogen-bond acceptors (Lipinski definition) is 8. The average Bonchev–Trinajstić information content (AvgIpc) is 3.40. The Morgan fingerprint density at radius 3 is 2.34 bits per heavy atom. The maximum atomic E-state index is 13.9. The number of amides is 2. The summed E-state index contributed by atoms with van der Waals surface area (Å²) in [5.41, 5.74) is -0.00227. The van der Waals surface area contributed by atoms with Gasteiger partial charge in [-0.05, 0) is 55.0 Å². The molecule has 0 aliphatic carbocycles. The lowest BCUT2D eigenvalue weighted by Gasteiger charge is -2.31. The van der Waals surface area contributed by atoms with Crippen LogP contribution >= 0.6 is 11.6 Å². The summed E-state index contributed by atoms with van der Waals surface area (Å²) in [7, 11) is 0. The van der Waals surface area contributed by atoms with E-state index in [1.807, 2.05) is 35.2 Å². The van der Waals surface area contributed by atoms with Gasteiger partial charge in [0.05, 0.1) is 16.9 Å². The molecule has 0 unspecified atom stereocenters. The smallest absolute Gasteiger partial charge is 0.417 e. The normalized spacial score (nSPS) is 16.1. The van der Waals surface area contributed by atoms with Crippen LogP contribution in [0, 0.1) is 0 Å². The highest BCUT2D eigenvalue weighted by atomic mass is 35.5. The van der Waals surface area contributed by atoms with Crippen LogP contribution in [0.2, 0.25) is 5.02 Å². The van der Waals surface area contributed by atoms with Crippen molar-refractivity contribution in [3.05, 3.63) is 95.0 Å². The van der Waals surface area contributed by atoms with Gasteiger partial charge in [-0.2, -0.15) is 18.2 Å². The summed E-state index contributed by atoms with van der Waals surface area (Å²) in [5.74, 6) is -0.829. The fourth-order valence-corrected chi connectivity index (χ4v) is 5.94. The first-order valence-corrected chi connectivity index (χ1v) is 15.6. The summed E-state index contributed by atoms with van der Waals surface area (Å²) in [6.45, 7) is 2.81. The standard InChI is InChI=1S/C33H32ClF3N6O4/c34-25-9-4-5-10-26(25)46-32(45)43-16-6-15-41(19-20-43)27-12-11-24(21-38-27)39-30(44)28-29(33(35,36)37)40-31(47-28)42-17-13-23(14-18-42)22-7-2-1-3-8-22/h1-5,7-12,21,23H,6,13-20H2,(H,39,44). The number of aromatic nitrogens is 2. The number of oxazole rings is 1. The number of nitrogens with one attached hydrogen (secondary N) is 1. The molecule has 4 aromatic rings. The lowest BCUT2D eigenvalue weighted by molar-refractivity contribution is -0.141. The van der Waals surface area contributed by atoms with Gasteiger partial charge in [0.25, 0.3) is 11.9 Å². The van der Waals surface area contributed by atoms with Gasteiger partial charge < -0.3 is 29.2 Å². The Kier molecular flexibility index (Phi) is 9.53. The number of carbonyl (C=O) groups is 2. The Hall–Kier alpha value is -4.78. The van der Waals surface area contributed by atoms with Crippen LogP contribution in [0.1, 0.15) is 47.0 Å². The van der Waals surface area contributed by atoms with Crippen LogP contribution in [0.5, 0.6) is 5.75 Å². The zero-order valence-corrected chi connectivity index (χ0v) is 26.0.